The Kier molecular flexibility index (Phi) is 3.58. The van der Waals surface area contributed by atoms with E-state index in [0.717, 1.165) is 4.90 Å². The Morgan fingerprint density at radius 3 is 2.68 bits per heavy atom. The summed E-state index contributed by atoms with van der Waals surface area (Å²) >= 11 is 11.9. The highest BCUT2D eigenvalue weighted by atomic mass is 35.5. The van der Waals surface area contributed by atoms with E-state index in [0.29, 0.717) is 21.3 Å². The van der Waals surface area contributed by atoms with Crippen LogP contribution in [0.25, 0.3) is 0 Å². The number of urea groups is 1. The van der Waals surface area contributed by atoms with E-state index in [1.54, 1.807) is 31.2 Å². The molecule has 3 rings (SSSR count). The maximum Gasteiger partial charge on any atom is 0.325 e. The highest BCUT2D eigenvalue weighted by Gasteiger charge is 2.49. The molecule has 1 aliphatic heterocycles. The van der Waals surface area contributed by atoms with Crippen molar-refractivity contribution in [1.82, 2.24) is 15.4 Å². The standard InChI is InChI=1S/C14H11Cl2N3O3/c1-14(8-2-3-10(15)11(16)6-8)12(20)19(13(21)17-14)7-9-4-5-22-18-9/h2-6H,7H2,1H3,(H,17,21)/t14-/m0/s1. The molecule has 1 fully saturated rings. The van der Waals surface area contributed by atoms with Crippen LogP contribution in [0.4, 0.5) is 4.79 Å². The summed E-state index contributed by atoms with van der Waals surface area (Å²) in [6.07, 6.45) is 1.38. The van der Waals surface area contributed by atoms with Gasteiger partial charge in [0.2, 0.25) is 0 Å². The summed E-state index contributed by atoms with van der Waals surface area (Å²) in [5.74, 6) is -0.390. The van der Waals surface area contributed by atoms with Crippen LogP contribution in [-0.2, 0) is 16.9 Å². The second kappa shape index (κ2) is 5.30. The molecular formula is C14H11Cl2N3O3. The van der Waals surface area contributed by atoms with Crippen molar-refractivity contribution in [2.75, 3.05) is 0 Å². The molecule has 8 heteroatoms. The molecule has 1 aliphatic rings. The third-order valence-corrected chi connectivity index (χ3v) is 4.32. The molecule has 114 valence electrons. The largest absolute Gasteiger partial charge is 0.364 e. The van der Waals surface area contributed by atoms with Gasteiger partial charge in [0.15, 0.2) is 0 Å². The monoisotopic (exact) mass is 339 g/mol. The first-order valence-electron chi connectivity index (χ1n) is 6.41. The van der Waals surface area contributed by atoms with Crippen LogP contribution >= 0.6 is 23.2 Å². The number of hydrogen-bond acceptors (Lipinski definition) is 4. The van der Waals surface area contributed by atoms with E-state index >= 15 is 0 Å². The molecule has 2 heterocycles. The lowest BCUT2D eigenvalue weighted by Gasteiger charge is -2.22. The van der Waals surface area contributed by atoms with E-state index in [-0.39, 0.29) is 12.5 Å². The van der Waals surface area contributed by atoms with Gasteiger partial charge in [-0.25, -0.2) is 4.79 Å². The molecule has 1 saturated heterocycles. The molecule has 1 N–H and O–H groups in total. The Bertz CT molecular complexity index is 748. The van der Waals surface area contributed by atoms with E-state index in [1.807, 2.05) is 0 Å². The Hall–Kier alpha value is -2.05. The van der Waals surface area contributed by atoms with Gasteiger partial charge in [-0.15, -0.1) is 0 Å². The first-order chi connectivity index (χ1) is 10.4. The summed E-state index contributed by atoms with van der Waals surface area (Å²) in [5.41, 5.74) is -0.153. The summed E-state index contributed by atoms with van der Waals surface area (Å²) in [4.78, 5) is 25.9. The molecule has 6 nitrogen and oxygen atoms in total. The van der Waals surface area contributed by atoms with Crippen molar-refractivity contribution in [2.24, 2.45) is 0 Å². The van der Waals surface area contributed by atoms with Crippen LogP contribution in [0.5, 0.6) is 0 Å². The number of nitrogens with zero attached hydrogens (tertiary/aromatic N) is 2. The van der Waals surface area contributed by atoms with E-state index < -0.39 is 11.6 Å². The summed E-state index contributed by atoms with van der Waals surface area (Å²) in [6, 6.07) is 5.91. The fraction of sp³-hybridized carbons (Fsp3) is 0.214. The molecule has 1 aromatic heterocycles. The van der Waals surface area contributed by atoms with Crippen molar-refractivity contribution in [1.29, 1.82) is 0 Å². The van der Waals surface area contributed by atoms with Crippen LogP contribution < -0.4 is 5.32 Å². The summed E-state index contributed by atoms with van der Waals surface area (Å²) in [7, 11) is 0. The topological polar surface area (TPSA) is 75.4 Å². The third kappa shape index (κ3) is 2.34. The van der Waals surface area contributed by atoms with Gasteiger partial charge in [0.05, 0.1) is 16.6 Å². The zero-order valence-electron chi connectivity index (χ0n) is 11.5. The van der Waals surface area contributed by atoms with Crippen molar-refractivity contribution < 1.29 is 14.1 Å². The molecule has 0 unspecified atom stereocenters. The molecule has 1 aromatic carbocycles. The van der Waals surface area contributed by atoms with Gasteiger partial charge in [-0.05, 0) is 24.6 Å². The first kappa shape index (κ1) is 14.9. The minimum Gasteiger partial charge on any atom is -0.364 e. The van der Waals surface area contributed by atoms with Crippen molar-refractivity contribution in [2.45, 2.75) is 19.0 Å². The molecule has 0 radical (unpaired) electrons. The minimum atomic E-state index is -1.20. The Balaban J connectivity index is 1.93. The molecule has 1 atom stereocenters. The van der Waals surface area contributed by atoms with Crippen LogP contribution in [0.1, 0.15) is 18.2 Å². The number of hydrogen-bond donors (Lipinski definition) is 1. The molecule has 0 saturated carbocycles. The van der Waals surface area contributed by atoms with Gasteiger partial charge < -0.3 is 9.84 Å². The molecule has 3 amide bonds. The average Bonchev–Trinajstić information content (AvgIpc) is 3.06. The van der Waals surface area contributed by atoms with Crippen LogP contribution in [0, 0.1) is 0 Å². The van der Waals surface area contributed by atoms with E-state index in [1.165, 1.54) is 6.26 Å². The summed E-state index contributed by atoms with van der Waals surface area (Å²) in [6.45, 7) is 1.66. The van der Waals surface area contributed by atoms with Gasteiger partial charge in [0, 0.05) is 6.07 Å². The maximum absolute atomic E-state index is 12.7. The van der Waals surface area contributed by atoms with Gasteiger partial charge >= 0.3 is 6.03 Å². The van der Waals surface area contributed by atoms with Crippen molar-refractivity contribution >= 4 is 35.1 Å². The summed E-state index contributed by atoms with van der Waals surface area (Å²) in [5, 5.41) is 7.09. The third-order valence-electron chi connectivity index (χ3n) is 3.58. The Morgan fingerprint density at radius 1 is 1.27 bits per heavy atom. The second-order valence-corrected chi connectivity index (χ2v) is 5.88. The SMILES string of the molecule is C[C@@]1(c2ccc(Cl)c(Cl)c2)NC(=O)N(Cc2ccon2)C1=O. The number of amides is 3. The van der Waals surface area contributed by atoms with Crippen LogP contribution in [0.15, 0.2) is 35.1 Å². The number of imide groups is 1. The van der Waals surface area contributed by atoms with Crippen LogP contribution in [-0.4, -0.2) is 22.0 Å². The number of nitrogens with one attached hydrogen (secondary N) is 1. The van der Waals surface area contributed by atoms with Gasteiger partial charge in [-0.2, -0.15) is 0 Å². The van der Waals surface area contributed by atoms with Gasteiger partial charge in [-0.1, -0.05) is 34.4 Å². The van der Waals surface area contributed by atoms with Gasteiger partial charge in [0.1, 0.15) is 17.5 Å². The first-order valence-corrected chi connectivity index (χ1v) is 7.16. The molecule has 22 heavy (non-hydrogen) atoms. The lowest BCUT2D eigenvalue weighted by Crippen LogP contribution is -2.40. The van der Waals surface area contributed by atoms with E-state index in [4.69, 9.17) is 27.7 Å². The molecule has 0 bridgehead atoms. The normalized spacial score (nSPS) is 21.3. The number of halogens is 2. The minimum absolute atomic E-state index is 0.0398. The fourth-order valence-electron chi connectivity index (χ4n) is 2.32. The quantitative estimate of drug-likeness (QED) is 0.872. The number of aromatic nitrogens is 1. The molecule has 2 aromatic rings. The van der Waals surface area contributed by atoms with Crippen LogP contribution in [0.3, 0.4) is 0 Å². The molecule has 0 aliphatic carbocycles. The molecule has 0 spiro atoms. The Labute approximate surface area is 136 Å². The zero-order chi connectivity index (χ0) is 15.9. The number of carbonyl (C=O) groups excluding carboxylic acids is 2. The second-order valence-electron chi connectivity index (χ2n) is 5.07. The highest BCUT2D eigenvalue weighted by Crippen LogP contribution is 2.33. The summed E-state index contributed by atoms with van der Waals surface area (Å²) < 4.78 is 4.71. The van der Waals surface area contributed by atoms with Crippen molar-refractivity contribution in [3.8, 4) is 0 Å². The predicted octanol–water partition coefficient (Wildman–Crippen LogP) is 2.95. The van der Waals surface area contributed by atoms with Crippen molar-refractivity contribution in [3.63, 3.8) is 0 Å². The Morgan fingerprint density at radius 2 is 2.05 bits per heavy atom. The molecular weight excluding hydrogens is 329 g/mol. The number of rotatable bonds is 3. The van der Waals surface area contributed by atoms with E-state index in [2.05, 4.69) is 10.5 Å². The van der Waals surface area contributed by atoms with Gasteiger partial charge in [-0.3, -0.25) is 9.69 Å². The fourth-order valence-corrected chi connectivity index (χ4v) is 2.62. The smallest absolute Gasteiger partial charge is 0.325 e. The maximum atomic E-state index is 12.7. The lowest BCUT2D eigenvalue weighted by molar-refractivity contribution is -0.131. The average molecular weight is 340 g/mol. The number of benzene rings is 1. The lowest BCUT2D eigenvalue weighted by atomic mass is 9.92. The highest BCUT2D eigenvalue weighted by molar-refractivity contribution is 6.42. The predicted molar refractivity (Wildman–Crippen MR) is 79.4 cm³/mol. The zero-order valence-corrected chi connectivity index (χ0v) is 13.0. The van der Waals surface area contributed by atoms with Gasteiger partial charge in [0.25, 0.3) is 5.91 Å². The van der Waals surface area contributed by atoms with Crippen LogP contribution in [0.2, 0.25) is 10.0 Å². The number of carbonyl (C=O) groups is 2. The van der Waals surface area contributed by atoms with Crippen molar-refractivity contribution in [3.05, 3.63) is 51.8 Å². The van der Waals surface area contributed by atoms with E-state index in [9.17, 15) is 9.59 Å².